The minimum absolute atomic E-state index is 0.800. The van der Waals surface area contributed by atoms with Crippen molar-refractivity contribution >= 4 is 0 Å². The first-order valence-electron chi connectivity index (χ1n) is 6.85. The Labute approximate surface area is 104 Å². The summed E-state index contributed by atoms with van der Waals surface area (Å²) in [6.07, 6.45) is 10.6. The molecule has 0 unspecified atom stereocenters. The second-order valence-electron chi connectivity index (χ2n) is 5.09. The summed E-state index contributed by atoms with van der Waals surface area (Å²) in [5.41, 5.74) is 0. The molecule has 1 fully saturated rings. The van der Waals surface area contributed by atoms with E-state index in [0.717, 1.165) is 30.7 Å². The molecule has 1 heterocycles. The maximum absolute atomic E-state index is 4.21. The summed E-state index contributed by atoms with van der Waals surface area (Å²) >= 11 is 0. The predicted molar refractivity (Wildman–Crippen MR) is 69.5 cm³/mol. The molecule has 0 aromatic carbocycles. The number of aromatic nitrogens is 2. The Morgan fingerprint density at radius 1 is 1.12 bits per heavy atom. The summed E-state index contributed by atoms with van der Waals surface area (Å²) in [4.78, 5) is 8.43. The van der Waals surface area contributed by atoms with Crippen molar-refractivity contribution in [1.29, 1.82) is 0 Å². The number of hydrogen-bond donors (Lipinski definition) is 1. The maximum atomic E-state index is 4.21. The van der Waals surface area contributed by atoms with Crippen LogP contribution in [0.1, 0.15) is 44.9 Å². The van der Waals surface area contributed by atoms with Gasteiger partial charge in [-0.05, 0) is 37.3 Å². The van der Waals surface area contributed by atoms with Crippen molar-refractivity contribution in [2.24, 2.45) is 11.8 Å². The van der Waals surface area contributed by atoms with E-state index >= 15 is 0 Å². The fraction of sp³-hybridized carbons (Fsp3) is 0.714. The highest BCUT2D eigenvalue weighted by Gasteiger charge is 2.19. The number of rotatable bonds is 5. The zero-order valence-electron chi connectivity index (χ0n) is 10.7. The lowest BCUT2D eigenvalue weighted by Gasteiger charge is -2.27. The first-order valence-corrected chi connectivity index (χ1v) is 6.85. The zero-order chi connectivity index (χ0) is 11.9. The SMILES string of the molecule is CCC1CCC(CNCc2ncccn2)CC1. The molecule has 17 heavy (non-hydrogen) atoms. The first-order chi connectivity index (χ1) is 8.38. The highest BCUT2D eigenvalue weighted by atomic mass is 15.0. The second kappa shape index (κ2) is 6.70. The van der Waals surface area contributed by atoms with E-state index in [9.17, 15) is 0 Å². The summed E-state index contributed by atoms with van der Waals surface area (Å²) in [5.74, 6) is 2.75. The van der Waals surface area contributed by atoms with Crippen LogP contribution in [0.3, 0.4) is 0 Å². The summed E-state index contributed by atoms with van der Waals surface area (Å²) in [6, 6.07) is 1.86. The van der Waals surface area contributed by atoms with Crippen LogP contribution in [-0.2, 0) is 6.54 Å². The zero-order valence-corrected chi connectivity index (χ0v) is 10.7. The Bertz CT molecular complexity index is 305. The van der Waals surface area contributed by atoms with Crippen molar-refractivity contribution < 1.29 is 0 Å². The Balaban J connectivity index is 1.63. The van der Waals surface area contributed by atoms with Crippen LogP contribution in [0.15, 0.2) is 18.5 Å². The fourth-order valence-electron chi connectivity index (χ4n) is 2.65. The number of hydrogen-bond acceptors (Lipinski definition) is 3. The largest absolute Gasteiger partial charge is 0.310 e. The Morgan fingerprint density at radius 3 is 2.41 bits per heavy atom. The molecule has 0 bridgehead atoms. The molecule has 3 nitrogen and oxygen atoms in total. The second-order valence-corrected chi connectivity index (χ2v) is 5.09. The summed E-state index contributed by atoms with van der Waals surface area (Å²) in [7, 11) is 0. The van der Waals surface area contributed by atoms with Crippen molar-refractivity contribution in [3.05, 3.63) is 24.3 Å². The third-order valence-corrected chi connectivity index (χ3v) is 3.88. The molecule has 3 heteroatoms. The van der Waals surface area contributed by atoms with Gasteiger partial charge in [0.2, 0.25) is 0 Å². The number of nitrogens with one attached hydrogen (secondary N) is 1. The van der Waals surface area contributed by atoms with Gasteiger partial charge in [0.05, 0.1) is 6.54 Å². The molecule has 1 aromatic rings. The van der Waals surface area contributed by atoms with E-state index in [2.05, 4.69) is 22.2 Å². The van der Waals surface area contributed by atoms with Crippen LogP contribution in [-0.4, -0.2) is 16.5 Å². The normalized spacial score (nSPS) is 24.8. The van der Waals surface area contributed by atoms with Crippen molar-refractivity contribution in [2.45, 2.75) is 45.6 Å². The number of nitrogens with zero attached hydrogens (tertiary/aromatic N) is 2. The molecular formula is C14H23N3. The molecular weight excluding hydrogens is 210 g/mol. The van der Waals surface area contributed by atoms with Gasteiger partial charge in [0.25, 0.3) is 0 Å². The molecule has 0 atom stereocenters. The van der Waals surface area contributed by atoms with Crippen molar-refractivity contribution in [1.82, 2.24) is 15.3 Å². The summed E-state index contributed by atoms with van der Waals surface area (Å²) < 4.78 is 0. The van der Waals surface area contributed by atoms with Gasteiger partial charge in [-0.25, -0.2) is 9.97 Å². The average molecular weight is 233 g/mol. The quantitative estimate of drug-likeness (QED) is 0.849. The van der Waals surface area contributed by atoms with Crippen LogP contribution < -0.4 is 5.32 Å². The van der Waals surface area contributed by atoms with E-state index in [4.69, 9.17) is 0 Å². The van der Waals surface area contributed by atoms with E-state index in [1.54, 1.807) is 12.4 Å². The van der Waals surface area contributed by atoms with Crippen LogP contribution in [0.2, 0.25) is 0 Å². The van der Waals surface area contributed by atoms with Crippen LogP contribution in [0.5, 0.6) is 0 Å². The van der Waals surface area contributed by atoms with E-state index in [1.165, 1.54) is 32.1 Å². The Hall–Kier alpha value is -0.960. The maximum Gasteiger partial charge on any atom is 0.141 e. The van der Waals surface area contributed by atoms with E-state index in [-0.39, 0.29) is 0 Å². The van der Waals surface area contributed by atoms with Gasteiger partial charge >= 0.3 is 0 Å². The highest BCUT2D eigenvalue weighted by molar-refractivity contribution is 4.88. The molecule has 0 spiro atoms. The highest BCUT2D eigenvalue weighted by Crippen LogP contribution is 2.30. The first kappa shape index (κ1) is 12.5. The molecule has 94 valence electrons. The third kappa shape index (κ3) is 4.08. The Kier molecular flexibility index (Phi) is 4.92. The van der Waals surface area contributed by atoms with Gasteiger partial charge < -0.3 is 5.32 Å². The van der Waals surface area contributed by atoms with Gasteiger partial charge in [-0.2, -0.15) is 0 Å². The minimum atomic E-state index is 0.800. The van der Waals surface area contributed by atoms with Crippen molar-refractivity contribution in [3.8, 4) is 0 Å². The monoisotopic (exact) mass is 233 g/mol. The molecule has 0 saturated heterocycles. The summed E-state index contributed by atoms with van der Waals surface area (Å²) in [6.45, 7) is 4.24. The van der Waals surface area contributed by atoms with E-state index in [0.29, 0.717) is 0 Å². The van der Waals surface area contributed by atoms with Crippen molar-refractivity contribution in [2.75, 3.05) is 6.54 Å². The fourth-order valence-corrected chi connectivity index (χ4v) is 2.65. The van der Waals surface area contributed by atoms with Crippen molar-refractivity contribution in [3.63, 3.8) is 0 Å². The van der Waals surface area contributed by atoms with Crippen LogP contribution in [0, 0.1) is 11.8 Å². The average Bonchev–Trinajstić information content (AvgIpc) is 2.41. The topological polar surface area (TPSA) is 37.8 Å². The lowest BCUT2D eigenvalue weighted by molar-refractivity contribution is 0.262. The van der Waals surface area contributed by atoms with Gasteiger partial charge in [0.1, 0.15) is 5.82 Å². The lowest BCUT2D eigenvalue weighted by atomic mass is 9.81. The van der Waals surface area contributed by atoms with E-state index < -0.39 is 0 Å². The molecule has 1 saturated carbocycles. The molecule has 1 aliphatic carbocycles. The van der Waals surface area contributed by atoms with Gasteiger partial charge in [-0.1, -0.05) is 26.2 Å². The molecule has 0 aliphatic heterocycles. The standard InChI is InChI=1S/C14H23N3/c1-2-12-4-6-13(7-5-12)10-15-11-14-16-8-3-9-17-14/h3,8-9,12-13,15H,2,4-7,10-11H2,1H3. The molecule has 1 aromatic heterocycles. The molecule has 0 radical (unpaired) electrons. The van der Waals surface area contributed by atoms with Crippen LogP contribution in [0.25, 0.3) is 0 Å². The third-order valence-electron chi connectivity index (χ3n) is 3.88. The van der Waals surface area contributed by atoms with Gasteiger partial charge in [0.15, 0.2) is 0 Å². The lowest BCUT2D eigenvalue weighted by Crippen LogP contribution is -2.26. The molecule has 1 N–H and O–H groups in total. The molecule has 1 aliphatic rings. The van der Waals surface area contributed by atoms with Gasteiger partial charge in [-0.15, -0.1) is 0 Å². The van der Waals surface area contributed by atoms with Crippen LogP contribution >= 0.6 is 0 Å². The van der Waals surface area contributed by atoms with Gasteiger partial charge in [0, 0.05) is 12.4 Å². The predicted octanol–water partition coefficient (Wildman–Crippen LogP) is 2.78. The Morgan fingerprint density at radius 2 is 1.76 bits per heavy atom. The minimum Gasteiger partial charge on any atom is -0.310 e. The van der Waals surface area contributed by atoms with Crippen LogP contribution in [0.4, 0.5) is 0 Å². The molecule has 2 rings (SSSR count). The van der Waals surface area contributed by atoms with Gasteiger partial charge in [-0.3, -0.25) is 0 Å². The smallest absolute Gasteiger partial charge is 0.141 e. The summed E-state index contributed by atoms with van der Waals surface area (Å²) in [5, 5.41) is 3.48. The molecule has 0 amide bonds. The van der Waals surface area contributed by atoms with E-state index in [1.807, 2.05) is 6.07 Å².